The van der Waals surface area contributed by atoms with Crippen LogP contribution < -0.4 is 10.6 Å². The first kappa shape index (κ1) is 20.1. The van der Waals surface area contributed by atoms with Crippen molar-refractivity contribution in [3.8, 4) is 0 Å². The smallest absolute Gasteiger partial charge is 0.251 e. The van der Waals surface area contributed by atoms with Crippen LogP contribution in [0.4, 0.5) is 0 Å². The summed E-state index contributed by atoms with van der Waals surface area (Å²) in [5.74, 6) is -0.379. The van der Waals surface area contributed by atoms with E-state index >= 15 is 0 Å². The van der Waals surface area contributed by atoms with Crippen molar-refractivity contribution < 1.29 is 18.0 Å². The van der Waals surface area contributed by atoms with E-state index in [1.165, 1.54) is 35.5 Å². The molecule has 2 amide bonds. The first-order valence-corrected chi connectivity index (χ1v) is 9.39. The fourth-order valence-electron chi connectivity index (χ4n) is 2.15. The summed E-state index contributed by atoms with van der Waals surface area (Å²) in [6.07, 6.45) is 0.625. The molecule has 1 aromatic rings. The number of benzene rings is 1. The number of nitrogens with zero attached hydrogens (tertiary/aromatic N) is 1. The minimum atomic E-state index is -3.51. The van der Waals surface area contributed by atoms with Gasteiger partial charge >= 0.3 is 0 Å². The molecule has 0 aliphatic rings. The standard InChI is InChI=1S/C16H25N3O4S/c1-4-19(5-2)24(22,23)15-9-7-14(8-10-15)16(21)18-12-6-11-17-13(3)20/h7-10H,4-6,11-12H2,1-3H3,(H,17,20)(H,18,21). The molecule has 0 aromatic heterocycles. The predicted molar refractivity (Wildman–Crippen MR) is 92.2 cm³/mol. The van der Waals surface area contributed by atoms with Crippen LogP contribution >= 0.6 is 0 Å². The first-order valence-electron chi connectivity index (χ1n) is 7.95. The third-order valence-corrected chi connectivity index (χ3v) is 5.54. The van der Waals surface area contributed by atoms with Crippen LogP contribution in [0.5, 0.6) is 0 Å². The topological polar surface area (TPSA) is 95.6 Å². The van der Waals surface area contributed by atoms with Gasteiger partial charge in [-0.3, -0.25) is 9.59 Å². The number of amides is 2. The van der Waals surface area contributed by atoms with Gasteiger partial charge in [-0.15, -0.1) is 0 Å². The summed E-state index contributed by atoms with van der Waals surface area (Å²) in [7, 11) is -3.51. The second-order valence-electron chi connectivity index (χ2n) is 5.21. The molecule has 1 rings (SSSR count). The number of rotatable bonds is 9. The van der Waals surface area contributed by atoms with Gasteiger partial charge in [-0.1, -0.05) is 13.8 Å². The number of hydrogen-bond donors (Lipinski definition) is 2. The van der Waals surface area contributed by atoms with E-state index in [-0.39, 0.29) is 16.7 Å². The minimum absolute atomic E-state index is 0.105. The Morgan fingerprint density at radius 1 is 1.00 bits per heavy atom. The molecule has 0 aliphatic carbocycles. The normalized spacial score (nSPS) is 11.3. The molecule has 0 saturated carbocycles. The molecule has 0 aliphatic heterocycles. The van der Waals surface area contributed by atoms with Crippen molar-refractivity contribution in [2.75, 3.05) is 26.2 Å². The fraction of sp³-hybridized carbons (Fsp3) is 0.500. The van der Waals surface area contributed by atoms with Crippen molar-refractivity contribution >= 4 is 21.8 Å². The van der Waals surface area contributed by atoms with E-state index in [9.17, 15) is 18.0 Å². The van der Waals surface area contributed by atoms with Crippen molar-refractivity contribution in [3.63, 3.8) is 0 Å². The summed E-state index contributed by atoms with van der Waals surface area (Å²) in [5, 5.41) is 5.37. The number of hydrogen-bond acceptors (Lipinski definition) is 4. The maximum atomic E-state index is 12.4. The van der Waals surface area contributed by atoms with Crippen LogP contribution in [0.3, 0.4) is 0 Å². The van der Waals surface area contributed by atoms with Gasteiger partial charge in [-0.25, -0.2) is 8.42 Å². The van der Waals surface area contributed by atoms with Crippen LogP contribution in [0.15, 0.2) is 29.2 Å². The highest BCUT2D eigenvalue weighted by Crippen LogP contribution is 2.16. The average molecular weight is 355 g/mol. The van der Waals surface area contributed by atoms with Crippen molar-refractivity contribution in [3.05, 3.63) is 29.8 Å². The van der Waals surface area contributed by atoms with E-state index < -0.39 is 10.0 Å². The minimum Gasteiger partial charge on any atom is -0.356 e. The SMILES string of the molecule is CCN(CC)S(=O)(=O)c1ccc(C(=O)NCCCNC(C)=O)cc1. The Kier molecular flexibility index (Phi) is 7.87. The molecule has 0 fully saturated rings. The second-order valence-corrected chi connectivity index (χ2v) is 7.14. The van der Waals surface area contributed by atoms with Gasteiger partial charge < -0.3 is 10.6 Å². The zero-order chi connectivity index (χ0) is 18.2. The quantitative estimate of drug-likeness (QED) is 0.645. The molecular weight excluding hydrogens is 330 g/mol. The van der Waals surface area contributed by atoms with Crippen molar-refractivity contribution in [1.82, 2.24) is 14.9 Å². The number of carbonyl (C=O) groups excluding carboxylic acids is 2. The van der Waals surface area contributed by atoms with Gasteiger partial charge in [0.25, 0.3) is 5.91 Å². The molecule has 0 spiro atoms. The molecular formula is C16H25N3O4S. The van der Waals surface area contributed by atoms with Crippen LogP contribution in [0.25, 0.3) is 0 Å². The fourth-order valence-corrected chi connectivity index (χ4v) is 3.61. The molecule has 0 atom stereocenters. The van der Waals surface area contributed by atoms with Crippen LogP contribution in [0, 0.1) is 0 Å². The van der Waals surface area contributed by atoms with Gasteiger partial charge in [-0.05, 0) is 30.7 Å². The molecule has 1 aromatic carbocycles. The van der Waals surface area contributed by atoms with Gasteiger partial charge in [0.15, 0.2) is 0 Å². The number of nitrogens with one attached hydrogen (secondary N) is 2. The molecule has 134 valence electrons. The monoisotopic (exact) mass is 355 g/mol. The zero-order valence-corrected chi connectivity index (χ0v) is 15.1. The summed E-state index contributed by atoms with van der Waals surface area (Å²) in [6.45, 7) is 6.72. The van der Waals surface area contributed by atoms with Crippen molar-refractivity contribution in [2.45, 2.75) is 32.1 Å². The Bertz CT molecular complexity index is 652. The number of sulfonamides is 1. The highest BCUT2D eigenvalue weighted by molar-refractivity contribution is 7.89. The highest BCUT2D eigenvalue weighted by atomic mass is 32.2. The van der Waals surface area contributed by atoms with Crippen molar-refractivity contribution in [2.24, 2.45) is 0 Å². The van der Waals surface area contributed by atoms with Gasteiger partial charge in [0, 0.05) is 38.7 Å². The summed E-state index contributed by atoms with van der Waals surface area (Å²) in [5.41, 5.74) is 0.396. The summed E-state index contributed by atoms with van der Waals surface area (Å²) < 4.78 is 26.1. The Hall–Kier alpha value is -1.93. The van der Waals surface area contributed by atoms with Crippen LogP contribution in [0.2, 0.25) is 0 Å². The van der Waals surface area contributed by atoms with Crippen LogP contribution in [-0.4, -0.2) is 50.7 Å². The Balaban J connectivity index is 2.64. The molecule has 2 N–H and O–H groups in total. The lowest BCUT2D eigenvalue weighted by Gasteiger charge is -2.18. The maximum Gasteiger partial charge on any atom is 0.251 e. The largest absolute Gasteiger partial charge is 0.356 e. The molecule has 0 bridgehead atoms. The molecule has 0 saturated heterocycles. The molecule has 0 radical (unpaired) electrons. The lowest BCUT2D eigenvalue weighted by Crippen LogP contribution is -2.31. The predicted octanol–water partition coefficient (Wildman–Crippen LogP) is 0.973. The first-order chi connectivity index (χ1) is 11.3. The molecule has 24 heavy (non-hydrogen) atoms. The molecule has 0 unspecified atom stereocenters. The summed E-state index contributed by atoms with van der Waals surface area (Å²) in [4.78, 5) is 22.9. The average Bonchev–Trinajstić information content (AvgIpc) is 2.55. The summed E-state index contributed by atoms with van der Waals surface area (Å²) >= 11 is 0. The Labute approximate surface area is 143 Å². The zero-order valence-electron chi connectivity index (χ0n) is 14.3. The van der Waals surface area contributed by atoms with E-state index in [0.717, 1.165) is 0 Å². The van der Waals surface area contributed by atoms with E-state index in [1.54, 1.807) is 13.8 Å². The third kappa shape index (κ3) is 5.61. The molecule has 0 heterocycles. The van der Waals surface area contributed by atoms with E-state index in [2.05, 4.69) is 10.6 Å². The highest BCUT2D eigenvalue weighted by Gasteiger charge is 2.21. The third-order valence-electron chi connectivity index (χ3n) is 3.47. The van der Waals surface area contributed by atoms with Gasteiger partial charge in [0.2, 0.25) is 15.9 Å². The van der Waals surface area contributed by atoms with E-state index in [0.29, 0.717) is 38.2 Å². The number of carbonyl (C=O) groups is 2. The lowest BCUT2D eigenvalue weighted by molar-refractivity contribution is -0.118. The maximum absolute atomic E-state index is 12.4. The van der Waals surface area contributed by atoms with Crippen LogP contribution in [-0.2, 0) is 14.8 Å². The summed E-state index contributed by atoms with van der Waals surface area (Å²) in [6, 6.07) is 5.89. The van der Waals surface area contributed by atoms with E-state index in [4.69, 9.17) is 0 Å². The van der Waals surface area contributed by atoms with Crippen LogP contribution in [0.1, 0.15) is 37.6 Å². The molecule has 7 nitrogen and oxygen atoms in total. The lowest BCUT2D eigenvalue weighted by atomic mass is 10.2. The second kappa shape index (κ2) is 9.39. The van der Waals surface area contributed by atoms with Gasteiger partial charge in [-0.2, -0.15) is 4.31 Å². The Morgan fingerprint density at radius 2 is 1.54 bits per heavy atom. The molecule has 8 heteroatoms. The van der Waals surface area contributed by atoms with E-state index in [1.807, 2.05) is 0 Å². The van der Waals surface area contributed by atoms with Gasteiger partial charge in [0.05, 0.1) is 4.90 Å². The van der Waals surface area contributed by atoms with Gasteiger partial charge in [0.1, 0.15) is 0 Å². The van der Waals surface area contributed by atoms with Crippen molar-refractivity contribution in [1.29, 1.82) is 0 Å². The Morgan fingerprint density at radius 3 is 2.04 bits per heavy atom.